The molecule has 0 saturated heterocycles. The van der Waals surface area contributed by atoms with E-state index < -0.39 is 0 Å². The van der Waals surface area contributed by atoms with Crippen LogP contribution in [0.5, 0.6) is 0 Å². The van der Waals surface area contributed by atoms with E-state index in [4.69, 9.17) is 4.74 Å². The van der Waals surface area contributed by atoms with Crippen LogP contribution in [0.25, 0.3) is 0 Å². The molecule has 1 heterocycles. The summed E-state index contributed by atoms with van der Waals surface area (Å²) >= 11 is 3.08. The Morgan fingerprint density at radius 2 is 2.19 bits per heavy atom. The molecular formula is C16H19NO2S2. The molecule has 0 spiro atoms. The number of methoxy groups -OCH3 is 1. The van der Waals surface area contributed by atoms with E-state index in [1.165, 1.54) is 24.0 Å². The minimum atomic E-state index is -0.289. The maximum absolute atomic E-state index is 11.6. The first-order chi connectivity index (χ1) is 10.2. The number of esters is 1. The third-order valence-electron chi connectivity index (χ3n) is 3.01. The van der Waals surface area contributed by atoms with Gasteiger partial charge in [-0.2, -0.15) is 0 Å². The molecule has 0 aliphatic carbocycles. The third kappa shape index (κ3) is 4.02. The smallest absolute Gasteiger partial charge is 0.348 e. The molecule has 1 aromatic heterocycles. The lowest BCUT2D eigenvalue weighted by molar-refractivity contribution is 0.0606. The standard InChI is InChI=1S/C16H19NO2S2/c1-4-6-11-7-5-8-12(9-11)17-13-10-14(15(18)19-2)21-16(13)20-3/h5,7-10,17H,4,6H2,1-3H3. The first-order valence-electron chi connectivity index (χ1n) is 6.80. The largest absolute Gasteiger partial charge is 0.465 e. The molecule has 0 bridgehead atoms. The number of ether oxygens (including phenoxy) is 1. The highest BCUT2D eigenvalue weighted by Gasteiger charge is 2.14. The fraction of sp³-hybridized carbons (Fsp3) is 0.312. The van der Waals surface area contributed by atoms with E-state index in [0.29, 0.717) is 4.88 Å². The van der Waals surface area contributed by atoms with Crippen molar-refractivity contribution in [2.24, 2.45) is 0 Å². The average Bonchev–Trinajstić information content (AvgIpc) is 2.90. The van der Waals surface area contributed by atoms with Crippen LogP contribution in [0.2, 0.25) is 0 Å². The van der Waals surface area contributed by atoms with Crippen molar-refractivity contribution in [1.29, 1.82) is 0 Å². The number of anilines is 2. The van der Waals surface area contributed by atoms with Gasteiger partial charge in [0.2, 0.25) is 0 Å². The molecule has 0 atom stereocenters. The lowest BCUT2D eigenvalue weighted by Crippen LogP contribution is -1.97. The minimum Gasteiger partial charge on any atom is -0.465 e. The van der Waals surface area contributed by atoms with Crippen LogP contribution in [0.15, 0.2) is 34.5 Å². The molecule has 0 fully saturated rings. The van der Waals surface area contributed by atoms with Crippen LogP contribution in [0, 0.1) is 0 Å². The van der Waals surface area contributed by atoms with Gasteiger partial charge in [0, 0.05) is 5.69 Å². The van der Waals surface area contributed by atoms with Gasteiger partial charge in [-0.05, 0) is 36.4 Å². The minimum absolute atomic E-state index is 0.289. The van der Waals surface area contributed by atoms with E-state index in [0.717, 1.165) is 28.4 Å². The van der Waals surface area contributed by atoms with Crippen molar-refractivity contribution in [2.75, 3.05) is 18.7 Å². The highest BCUT2D eigenvalue weighted by atomic mass is 32.2. The summed E-state index contributed by atoms with van der Waals surface area (Å²) in [6.07, 6.45) is 4.21. The van der Waals surface area contributed by atoms with Gasteiger partial charge in [-0.15, -0.1) is 23.1 Å². The first kappa shape index (κ1) is 15.9. The molecule has 0 saturated carbocycles. The summed E-state index contributed by atoms with van der Waals surface area (Å²) in [7, 11) is 1.40. The molecule has 0 radical (unpaired) electrons. The molecular weight excluding hydrogens is 302 g/mol. The van der Waals surface area contributed by atoms with Crippen LogP contribution >= 0.6 is 23.1 Å². The predicted octanol–water partition coefficient (Wildman–Crippen LogP) is 4.95. The molecule has 2 aromatic rings. The second-order valence-corrected chi connectivity index (χ2v) is 6.71. The van der Waals surface area contributed by atoms with E-state index in [-0.39, 0.29) is 5.97 Å². The topological polar surface area (TPSA) is 38.3 Å². The number of hydrogen-bond donors (Lipinski definition) is 1. The Kier molecular flexibility index (Phi) is 5.70. The van der Waals surface area contributed by atoms with E-state index in [2.05, 4.69) is 30.4 Å². The molecule has 5 heteroatoms. The highest BCUT2D eigenvalue weighted by Crippen LogP contribution is 2.37. The quantitative estimate of drug-likeness (QED) is 0.603. The van der Waals surface area contributed by atoms with Crippen molar-refractivity contribution in [3.63, 3.8) is 0 Å². The molecule has 2 rings (SSSR count). The van der Waals surface area contributed by atoms with Gasteiger partial charge in [0.05, 0.1) is 17.0 Å². The van der Waals surface area contributed by atoms with Crippen LogP contribution in [0.4, 0.5) is 11.4 Å². The molecule has 0 unspecified atom stereocenters. The van der Waals surface area contributed by atoms with Crippen LogP contribution in [-0.4, -0.2) is 19.3 Å². The number of thioether (sulfide) groups is 1. The van der Waals surface area contributed by atoms with Gasteiger partial charge in [0.1, 0.15) is 4.88 Å². The zero-order valence-corrected chi connectivity index (χ0v) is 14.1. The van der Waals surface area contributed by atoms with Crippen molar-refractivity contribution in [3.05, 3.63) is 40.8 Å². The molecule has 112 valence electrons. The molecule has 0 amide bonds. The average molecular weight is 321 g/mol. The second-order valence-electron chi connectivity index (χ2n) is 4.58. The Morgan fingerprint density at radius 3 is 2.86 bits per heavy atom. The maximum atomic E-state index is 11.6. The summed E-state index contributed by atoms with van der Waals surface area (Å²) in [6, 6.07) is 10.2. The zero-order valence-electron chi connectivity index (χ0n) is 12.4. The Hall–Kier alpha value is -1.46. The van der Waals surface area contributed by atoms with Gasteiger partial charge < -0.3 is 10.1 Å². The van der Waals surface area contributed by atoms with Gasteiger partial charge in [-0.1, -0.05) is 25.5 Å². The van der Waals surface area contributed by atoms with Crippen molar-refractivity contribution >= 4 is 40.4 Å². The highest BCUT2D eigenvalue weighted by molar-refractivity contribution is 8.00. The summed E-state index contributed by atoms with van der Waals surface area (Å²) in [4.78, 5) is 12.3. The summed E-state index contributed by atoms with van der Waals surface area (Å²) in [5.41, 5.74) is 3.32. The van der Waals surface area contributed by atoms with Gasteiger partial charge in [0.25, 0.3) is 0 Å². The molecule has 3 nitrogen and oxygen atoms in total. The third-order valence-corrected chi connectivity index (χ3v) is 5.27. The summed E-state index contributed by atoms with van der Waals surface area (Å²) in [6.45, 7) is 2.17. The Bertz CT molecular complexity index is 622. The summed E-state index contributed by atoms with van der Waals surface area (Å²) in [5, 5.41) is 3.40. The van der Waals surface area contributed by atoms with Crippen molar-refractivity contribution in [2.45, 2.75) is 24.0 Å². The fourth-order valence-electron chi connectivity index (χ4n) is 2.06. The predicted molar refractivity (Wildman–Crippen MR) is 91.2 cm³/mol. The van der Waals surface area contributed by atoms with Gasteiger partial charge in [0.15, 0.2) is 0 Å². The van der Waals surface area contributed by atoms with Crippen LogP contribution in [-0.2, 0) is 11.2 Å². The van der Waals surface area contributed by atoms with Gasteiger partial charge >= 0.3 is 5.97 Å². The first-order valence-corrected chi connectivity index (χ1v) is 8.84. The number of benzene rings is 1. The molecule has 1 aromatic carbocycles. The van der Waals surface area contributed by atoms with E-state index in [1.807, 2.05) is 18.4 Å². The molecule has 0 aliphatic rings. The van der Waals surface area contributed by atoms with Crippen LogP contribution < -0.4 is 5.32 Å². The number of carbonyl (C=O) groups excluding carboxylic acids is 1. The van der Waals surface area contributed by atoms with Crippen molar-refractivity contribution < 1.29 is 9.53 Å². The zero-order chi connectivity index (χ0) is 15.2. The second kappa shape index (κ2) is 7.52. The maximum Gasteiger partial charge on any atom is 0.348 e. The SMILES string of the molecule is CCCc1cccc(Nc2cc(C(=O)OC)sc2SC)c1. The lowest BCUT2D eigenvalue weighted by atomic mass is 10.1. The van der Waals surface area contributed by atoms with E-state index >= 15 is 0 Å². The fourth-order valence-corrected chi connectivity index (χ4v) is 3.76. The van der Waals surface area contributed by atoms with Crippen molar-refractivity contribution in [3.8, 4) is 0 Å². The normalized spacial score (nSPS) is 10.4. The number of thiophene rings is 1. The molecule has 21 heavy (non-hydrogen) atoms. The van der Waals surface area contributed by atoms with Crippen LogP contribution in [0.1, 0.15) is 28.6 Å². The number of rotatable bonds is 6. The van der Waals surface area contributed by atoms with Gasteiger partial charge in [-0.3, -0.25) is 0 Å². The number of hydrogen-bond acceptors (Lipinski definition) is 5. The Labute approximate surface area is 133 Å². The Balaban J connectivity index is 2.24. The van der Waals surface area contributed by atoms with E-state index in [1.54, 1.807) is 11.8 Å². The lowest BCUT2D eigenvalue weighted by Gasteiger charge is -2.08. The summed E-state index contributed by atoms with van der Waals surface area (Å²) < 4.78 is 5.86. The van der Waals surface area contributed by atoms with Gasteiger partial charge in [-0.25, -0.2) is 4.79 Å². The number of nitrogens with one attached hydrogen (secondary N) is 1. The van der Waals surface area contributed by atoms with Crippen molar-refractivity contribution in [1.82, 2.24) is 0 Å². The molecule has 1 N–H and O–H groups in total. The van der Waals surface area contributed by atoms with Crippen LogP contribution in [0.3, 0.4) is 0 Å². The number of carbonyl (C=O) groups is 1. The number of aryl methyl sites for hydroxylation is 1. The van der Waals surface area contributed by atoms with E-state index in [9.17, 15) is 4.79 Å². The molecule has 0 aliphatic heterocycles. The monoisotopic (exact) mass is 321 g/mol. The Morgan fingerprint density at radius 1 is 1.38 bits per heavy atom. The summed E-state index contributed by atoms with van der Waals surface area (Å²) in [5.74, 6) is -0.289.